The van der Waals surface area contributed by atoms with E-state index in [1.807, 2.05) is 0 Å². The van der Waals surface area contributed by atoms with Gasteiger partial charge in [-0.2, -0.15) is 0 Å². The molecule has 0 fully saturated rings. The van der Waals surface area contributed by atoms with Crippen LogP contribution in [-0.4, -0.2) is 33.6 Å². The molecule has 0 unspecified atom stereocenters. The Bertz CT molecular complexity index is 505. The van der Waals surface area contributed by atoms with Crippen LogP contribution < -0.4 is 5.32 Å². The lowest BCUT2D eigenvalue weighted by Gasteiger charge is -2.06. The highest BCUT2D eigenvalue weighted by Gasteiger charge is 2.07. The molecule has 0 aliphatic rings. The molecule has 16 heavy (non-hydrogen) atoms. The Morgan fingerprint density at radius 1 is 1.62 bits per heavy atom. The van der Waals surface area contributed by atoms with Crippen molar-refractivity contribution in [2.75, 3.05) is 6.54 Å². The number of aliphatic hydroxyl groups is 1. The van der Waals surface area contributed by atoms with Crippen LogP contribution in [0.15, 0.2) is 24.5 Å². The highest BCUT2D eigenvalue weighted by Crippen LogP contribution is 2.11. The Balaban J connectivity index is 2.16. The van der Waals surface area contributed by atoms with Crippen molar-refractivity contribution in [3.63, 3.8) is 0 Å². The second kappa shape index (κ2) is 4.32. The predicted octanol–water partition coefficient (Wildman–Crippen LogP) is 0.674. The van der Waals surface area contributed by atoms with Gasteiger partial charge >= 0.3 is 0 Å². The van der Waals surface area contributed by atoms with Crippen LogP contribution in [-0.2, 0) is 0 Å². The van der Waals surface area contributed by atoms with Gasteiger partial charge in [0.25, 0.3) is 5.91 Å². The molecule has 0 saturated carbocycles. The molecule has 0 spiro atoms. The molecule has 2 aromatic rings. The van der Waals surface area contributed by atoms with Crippen LogP contribution in [0.4, 0.5) is 0 Å². The second-order valence-electron chi connectivity index (χ2n) is 3.69. The molecule has 0 aliphatic carbocycles. The second-order valence-corrected chi connectivity index (χ2v) is 3.69. The third-order valence-electron chi connectivity index (χ3n) is 2.24. The zero-order chi connectivity index (χ0) is 11.5. The number of fused-ring (bicyclic) bond motifs is 1. The number of imidazole rings is 1. The molecule has 1 atom stereocenters. The Morgan fingerprint density at radius 2 is 2.44 bits per heavy atom. The van der Waals surface area contributed by atoms with Gasteiger partial charge < -0.3 is 15.4 Å². The van der Waals surface area contributed by atoms with Gasteiger partial charge in [-0.1, -0.05) is 0 Å². The van der Waals surface area contributed by atoms with Gasteiger partial charge in [-0.05, 0) is 25.1 Å². The number of aromatic amines is 1. The number of aliphatic hydroxyl groups excluding tert-OH is 1. The number of carbonyl (C=O) groups excluding carboxylic acids is 1. The van der Waals surface area contributed by atoms with Crippen LogP contribution in [0.2, 0.25) is 0 Å². The van der Waals surface area contributed by atoms with Gasteiger partial charge in [-0.25, -0.2) is 4.98 Å². The van der Waals surface area contributed by atoms with Crippen LogP contribution in [0.3, 0.4) is 0 Å². The van der Waals surface area contributed by atoms with Gasteiger partial charge in [0.2, 0.25) is 0 Å². The Labute approximate surface area is 92.5 Å². The number of H-pyrrole nitrogens is 1. The maximum atomic E-state index is 11.7. The van der Waals surface area contributed by atoms with E-state index in [9.17, 15) is 4.79 Å². The highest BCUT2D eigenvalue weighted by molar-refractivity contribution is 5.97. The number of rotatable bonds is 3. The van der Waals surface area contributed by atoms with Gasteiger partial charge in [0.15, 0.2) is 0 Å². The number of amides is 1. The molecule has 1 aromatic heterocycles. The van der Waals surface area contributed by atoms with Crippen molar-refractivity contribution in [1.82, 2.24) is 15.3 Å². The molecule has 84 valence electrons. The summed E-state index contributed by atoms with van der Waals surface area (Å²) in [6, 6.07) is 5.23. The van der Waals surface area contributed by atoms with Gasteiger partial charge in [0.05, 0.1) is 23.5 Å². The first-order valence-corrected chi connectivity index (χ1v) is 5.06. The largest absolute Gasteiger partial charge is 0.392 e. The van der Waals surface area contributed by atoms with Crippen LogP contribution in [0, 0.1) is 0 Å². The third-order valence-corrected chi connectivity index (χ3v) is 2.24. The van der Waals surface area contributed by atoms with Crippen molar-refractivity contribution in [3.8, 4) is 0 Å². The first kappa shape index (κ1) is 10.6. The van der Waals surface area contributed by atoms with E-state index < -0.39 is 6.10 Å². The van der Waals surface area contributed by atoms with E-state index in [1.54, 1.807) is 31.5 Å². The van der Waals surface area contributed by atoms with Crippen LogP contribution in [0.1, 0.15) is 17.3 Å². The van der Waals surface area contributed by atoms with Crippen molar-refractivity contribution >= 4 is 16.9 Å². The minimum atomic E-state index is -0.542. The number of carbonyl (C=O) groups is 1. The van der Waals surface area contributed by atoms with Gasteiger partial charge in [0.1, 0.15) is 0 Å². The zero-order valence-electron chi connectivity index (χ0n) is 8.90. The monoisotopic (exact) mass is 219 g/mol. The van der Waals surface area contributed by atoms with E-state index in [4.69, 9.17) is 5.11 Å². The number of nitrogens with one attached hydrogen (secondary N) is 2. The molecule has 0 aliphatic heterocycles. The number of aromatic nitrogens is 2. The molecule has 3 N–H and O–H groups in total. The topological polar surface area (TPSA) is 78.0 Å². The SMILES string of the molecule is C[C@H](O)CNC(=O)c1ccc2nc[nH]c2c1. The number of hydrogen-bond donors (Lipinski definition) is 3. The average molecular weight is 219 g/mol. The fraction of sp³-hybridized carbons (Fsp3) is 0.273. The maximum absolute atomic E-state index is 11.7. The smallest absolute Gasteiger partial charge is 0.251 e. The number of benzene rings is 1. The summed E-state index contributed by atoms with van der Waals surface area (Å²) in [4.78, 5) is 18.7. The van der Waals surface area contributed by atoms with Crippen molar-refractivity contribution in [2.24, 2.45) is 0 Å². The fourth-order valence-corrected chi connectivity index (χ4v) is 1.42. The number of nitrogens with zero attached hydrogens (tertiary/aromatic N) is 1. The van der Waals surface area contributed by atoms with Crippen molar-refractivity contribution in [2.45, 2.75) is 13.0 Å². The number of hydrogen-bond acceptors (Lipinski definition) is 3. The standard InChI is InChI=1S/C11H13N3O2/c1-7(15)5-12-11(16)8-2-3-9-10(4-8)14-6-13-9/h2-4,6-7,15H,5H2,1H3,(H,12,16)(H,13,14)/t7-/m0/s1. The van der Waals surface area contributed by atoms with E-state index >= 15 is 0 Å². The molecular formula is C11H13N3O2. The predicted molar refractivity (Wildman–Crippen MR) is 60.1 cm³/mol. The first-order valence-electron chi connectivity index (χ1n) is 5.06. The molecule has 0 bridgehead atoms. The van der Waals surface area contributed by atoms with Gasteiger partial charge in [-0.3, -0.25) is 4.79 Å². The van der Waals surface area contributed by atoms with E-state index in [1.165, 1.54) is 0 Å². The molecule has 1 aromatic carbocycles. The summed E-state index contributed by atoms with van der Waals surface area (Å²) in [6.07, 6.45) is 1.04. The van der Waals surface area contributed by atoms with E-state index in [0.29, 0.717) is 5.56 Å². The lowest BCUT2D eigenvalue weighted by molar-refractivity contribution is 0.0924. The quantitative estimate of drug-likeness (QED) is 0.710. The van der Waals surface area contributed by atoms with Crippen LogP contribution in [0.25, 0.3) is 11.0 Å². The Kier molecular flexibility index (Phi) is 2.87. The molecule has 0 radical (unpaired) electrons. The molecule has 5 nitrogen and oxygen atoms in total. The average Bonchev–Trinajstić information content (AvgIpc) is 2.72. The minimum Gasteiger partial charge on any atom is -0.392 e. The van der Waals surface area contributed by atoms with Crippen molar-refractivity contribution in [1.29, 1.82) is 0 Å². The normalized spacial score (nSPS) is 12.6. The third kappa shape index (κ3) is 2.20. The summed E-state index contributed by atoms with van der Waals surface area (Å²) >= 11 is 0. The molecule has 1 amide bonds. The summed E-state index contributed by atoms with van der Waals surface area (Å²) < 4.78 is 0. The van der Waals surface area contributed by atoms with Crippen molar-refractivity contribution in [3.05, 3.63) is 30.1 Å². The Hall–Kier alpha value is -1.88. The Morgan fingerprint density at radius 3 is 3.19 bits per heavy atom. The van der Waals surface area contributed by atoms with E-state index in [0.717, 1.165) is 11.0 Å². The minimum absolute atomic E-state index is 0.197. The first-order chi connectivity index (χ1) is 7.66. The molecule has 1 heterocycles. The highest BCUT2D eigenvalue weighted by atomic mass is 16.3. The lowest BCUT2D eigenvalue weighted by atomic mass is 10.2. The van der Waals surface area contributed by atoms with E-state index in [2.05, 4.69) is 15.3 Å². The summed E-state index contributed by atoms with van der Waals surface area (Å²) in [6.45, 7) is 1.87. The lowest BCUT2D eigenvalue weighted by Crippen LogP contribution is -2.30. The fourth-order valence-electron chi connectivity index (χ4n) is 1.42. The van der Waals surface area contributed by atoms with Gasteiger partial charge in [0, 0.05) is 12.1 Å². The van der Waals surface area contributed by atoms with Crippen molar-refractivity contribution < 1.29 is 9.90 Å². The molecular weight excluding hydrogens is 206 g/mol. The molecule has 5 heteroatoms. The zero-order valence-corrected chi connectivity index (χ0v) is 8.90. The van der Waals surface area contributed by atoms with Crippen LogP contribution in [0.5, 0.6) is 0 Å². The van der Waals surface area contributed by atoms with Crippen LogP contribution >= 0.6 is 0 Å². The summed E-state index contributed by atoms with van der Waals surface area (Å²) in [5, 5.41) is 11.7. The van der Waals surface area contributed by atoms with Gasteiger partial charge in [-0.15, -0.1) is 0 Å². The summed E-state index contributed by atoms with van der Waals surface area (Å²) in [7, 11) is 0. The molecule has 0 saturated heterocycles. The maximum Gasteiger partial charge on any atom is 0.251 e. The summed E-state index contributed by atoms with van der Waals surface area (Å²) in [5.41, 5.74) is 2.20. The summed E-state index contributed by atoms with van der Waals surface area (Å²) in [5.74, 6) is -0.197. The molecule has 2 rings (SSSR count). The van der Waals surface area contributed by atoms with E-state index in [-0.39, 0.29) is 12.5 Å².